The molecular formula is C21H30N2O4. The molecule has 6 nitrogen and oxygen atoms in total. The summed E-state index contributed by atoms with van der Waals surface area (Å²) in [7, 11) is 0. The van der Waals surface area contributed by atoms with E-state index in [4.69, 9.17) is 4.74 Å². The molecule has 1 aromatic rings. The lowest BCUT2D eigenvalue weighted by atomic mass is 9.83. The Labute approximate surface area is 161 Å². The van der Waals surface area contributed by atoms with Crippen LogP contribution in [-0.4, -0.2) is 42.4 Å². The van der Waals surface area contributed by atoms with Crippen LogP contribution >= 0.6 is 0 Å². The van der Waals surface area contributed by atoms with Gasteiger partial charge in [0.15, 0.2) is 5.78 Å². The van der Waals surface area contributed by atoms with Gasteiger partial charge in [0.05, 0.1) is 6.10 Å². The van der Waals surface area contributed by atoms with Crippen molar-refractivity contribution >= 4 is 17.6 Å². The number of rotatable bonds is 8. The molecule has 1 aromatic carbocycles. The summed E-state index contributed by atoms with van der Waals surface area (Å²) in [4.78, 5) is 37.6. The lowest BCUT2D eigenvalue weighted by Crippen LogP contribution is -2.54. The summed E-state index contributed by atoms with van der Waals surface area (Å²) >= 11 is 0. The number of ether oxygens (including phenoxy) is 1. The van der Waals surface area contributed by atoms with Gasteiger partial charge in [-0.1, -0.05) is 52.3 Å². The number of Topliss-reactive ketones (excluding diaryl/α,β-unsaturated/α-hetero) is 1. The van der Waals surface area contributed by atoms with Crippen LogP contribution in [0.1, 0.15) is 57.3 Å². The Balaban J connectivity index is 2.14. The standard InChI is InChI=1S/C21H30N2O4/c1-5-17-18(16(24)13-27-17)23-20(26)15(12-21(3,4)6-2)22-19(25)14-10-8-7-9-11-14/h7-11,15,17-18H,5-6,12-13H2,1-4H3,(H,22,25)(H,23,26)/t15-,17?,18?/m0/s1. The molecule has 0 spiro atoms. The van der Waals surface area contributed by atoms with Crippen molar-refractivity contribution in [3.63, 3.8) is 0 Å². The topological polar surface area (TPSA) is 84.5 Å². The Morgan fingerprint density at radius 1 is 1.22 bits per heavy atom. The summed E-state index contributed by atoms with van der Waals surface area (Å²) < 4.78 is 5.43. The van der Waals surface area contributed by atoms with Gasteiger partial charge < -0.3 is 15.4 Å². The van der Waals surface area contributed by atoms with Gasteiger partial charge in [-0.05, 0) is 30.4 Å². The third-order valence-electron chi connectivity index (χ3n) is 5.23. The summed E-state index contributed by atoms with van der Waals surface area (Å²) in [6.45, 7) is 8.10. The molecule has 0 radical (unpaired) electrons. The Kier molecular flexibility index (Phi) is 7.13. The van der Waals surface area contributed by atoms with Gasteiger partial charge in [-0.25, -0.2) is 0 Å². The van der Waals surface area contributed by atoms with Crippen LogP contribution in [0.2, 0.25) is 0 Å². The SMILES string of the molecule is CCC1OCC(=O)C1NC(=O)[C@H](CC(C)(C)CC)NC(=O)c1ccccc1. The van der Waals surface area contributed by atoms with Gasteiger partial charge in [0.2, 0.25) is 5.91 Å². The fourth-order valence-electron chi connectivity index (χ4n) is 3.10. The van der Waals surface area contributed by atoms with Crippen LogP contribution in [0.15, 0.2) is 30.3 Å². The molecule has 148 valence electrons. The lowest BCUT2D eigenvalue weighted by molar-refractivity contribution is -0.128. The summed E-state index contributed by atoms with van der Waals surface area (Å²) in [5.74, 6) is -0.773. The van der Waals surface area contributed by atoms with Crippen LogP contribution in [0.25, 0.3) is 0 Å². The van der Waals surface area contributed by atoms with Gasteiger partial charge >= 0.3 is 0 Å². The van der Waals surface area contributed by atoms with Gasteiger partial charge in [-0.2, -0.15) is 0 Å². The molecule has 0 aromatic heterocycles. The van der Waals surface area contributed by atoms with E-state index in [-0.39, 0.29) is 35.7 Å². The molecule has 0 bridgehead atoms. The number of hydrogen-bond donors (Lipinski definition) is 2. The summed E-state index contributed by atoms with van der Waals surface area (Å²) in [5.41, 5.74) is 0.364. The van der Waals surface area contributed by atoms with E-state index in [1.54, 1.807) is 24.3 Å². The van der Waals surface area contributed by atoms with E-state index in [1.807, 2.05) is 13.0 Å². The van der Waals surface area contributed by atoms with Gasteiger partial charge in [-0.15, -0.1) is 0 Å². The predicted molar refractivity (Wildman–Crippen MR) is 103 cm³/mol. The number of nitrogens with one attached hydrogen (secondary N) is 2. The number of carbonyl (C=O) groups is 3. The van der Waals surface area contributed by atoms with E-state index in [0.29, 0.717) is 18.4 Å². The Bertz CT molecular complexity index is 672. The molecule has 2 N–H and O–H groups in total. The Hall–Kier alpha value is -2.21. The Morgan fingerprint density at radius 3 is 2.48 bits per heavy atom. The van der Waals surface area contributed by atoms with Crippen LogP contribution in [0.4, 0.5) is 0 Å². The molecule has 1 saturated heterocycles. The largest absolute Gasteiger partial charge is 0.368 e. The fraction of sp³-hybridized carbons (Fsp3) is 0.571. The van der Waals surface area contributed by atoms with E-state index in [0.717, 1.165) is 6.42 Å². The van der Waals surface area contributed by atoms with Crippen molar-refractivity contribution in [2.24, 2.45) is 5.41 Å². The number of benzene rings is 1. The highest BCUT2D eigenvalue weighted by atomic mass is 16.5. The molecule has 1 aliphatic heterocycles. The molecule has 1 heterocycles. The molecule has 1 fully saturated rings. The lowest BCUT2D eigenvalue weighted by Gasteiger charge is -2.29. The molecule has 3 atom stereocenters. The molecule has 27 heavy (non-hydrogen) atoms. The first kappa shape index (κ1) is 21.1. The second kappa shape index (κ2) is 9.13. The molecule has 0 aliphatic carbocycles. The molecule has 2 amide bonds. The molecule has 2 rings (SSSR count). The molecule has 1 aliphatic rings. The third-order valence-corrected chi connectivity index (χ3v) is 5.23. The molecular weight excluding hydrogens is 344 g/mol. The minimum atomic E-state index is -0.724. The van der Waals surface area contributed by atoms with Gasteiger partial charge in [-0.3, -0.25) is 14.4 Å². The number of hydrogen-bond acceptors (Lipinski definition) is 4. The van der Waals surface area contributed by atoms with Crippen LogP contribution in [-0.2, 0) is 14.3 Å². The van der Waals surface area contributed by atoms with E-state index in [9.17, 15) is 14.4 Å². The predicted octanol–water partition coefficient (Wildman–Crippen LogP) is 2.47. The number of carbonyl (C=O) groups excluding carboxylic acids is 3. The highest BCUT2D eigenvalue weighted by molar-refractivity contribution is 5.99. The van der Waals surface area contributed by atoms with Gasteiger partial charge in [0.1, 0.15) is 18.7 Å². The summed E-state index contributed by atoms with van der Waals surface area (Å²) in [6, 6.07) is 7.42. The zero-order valence-electron chi connectivity index (χ0n) is 16.6. The summed E-state index contributed by atoms with van der Waals surface area (Å²) in [5, 5.41) is 5.65. The third kappa shape index (κ3) is 5.63. The highest BCUT2D eigenvalue weighted by Crippen LogP contribution is 2.26. The maximum absolute atomic E-state index is 12.9. The summed E-state index contributed by atoms with van der Waals surface area (Å²) in [6.07, 6.45) is 1.66. The second-order valence-corrected chi connectivity index (χ2v) is 7.82. The van der Waals surface area contributed by atoms with Crippen LogP contribution < -0.4 is 10.6 Å². The Morgan fingerprint density at radius 2 is 1.89 bits per heavy atom. The van der Waals surface area contributed by atoms with Gasteiger partial charge in [0.25, 0.3) is 5.91 Å². The number of amides is 2. The van der Waals surface area contributed by atoms with E-state index in [2.05, 4.69) is 31.4 Å². The molecule has 0 saturated carbocycles. The molecule has 2 unspecified atom stereocenters. The monoisotopic (exact) mass is 374 g/mol. The maximum Gasteiger partial charge on any atom is 0.251 e. The number of ketones is 1. The first-order chi connectivity index (χ1) is 12.8. The maximum atomic E-state index is 12.9. The second-order valence-electron chi connectivity index (χ2n) is 7.82. The average Bonchev–Trinajstić information content (AvgIpc) is 3.01. The van der Waals surface area contributed by atoms with Crippen LogP contribution in [0, 0.1) is 5.41 Å². The smallest absolute Gasteiger partial charge is 0.251 e. The van der Waals surface area contributed by atoms with Crippen molar-refractivity contribution in [3.05, 3.63) is 35.9 Å². The van der Waals surface area contributed by atoms with Crippen molar-refractivity contribution in [2.45, 2.75) is 65.1 Å². The first-order valence-electron chi connectivity index (χ1n) is 9.58. The average molecular weight is 374 g/mol. The van der Waals surface area contributed by atoms with Crippen molar-refractivity contribution in [1.82, 2.24) is 10.6 Å². The normalized spacial score (nSPS) is 21.0. The van der Waals surface area contributed by atoms with Crippen molar-refractivity contribution in [3.8, 4) is 0 Å². The van der Waals surface area contributed by atoms with E-state index >= 15 is 0 Å². The minimum absolute atomic E-state index is 0.0188. The first-order valence-corrected chi connectivity index (χ1v) is 9.58. The van der Waals surface area contributed by atoms with Gasteiger partial charge in [0, 0.05) is 5.56 Å². The van der Waals surface area contributed by atoms with Crippen molar-refractivity contribution in [1.29, 1.82) is 0 Å². The highest BCUT2D eigenvalue weighted by Gasteiger charge is 2.38. The van der Waals surface area contributed by atoms with Crippen molar-refractivity contribution in [2.75, 3.05) is 6.61 Å². The minimum Gasteiger partial charge on any atom is -0.368 e. The van der Waals surface area contributed by atoms with Crippen molar-refractivity contribution < 1.29 is 19.1 Å². The van der Waals surface area contributed by atoms with Crippen LogP contribution in [0.5, 0.6) is 0 Å². The van der Waals surface area contributed by atoms with E-state index in [1.165, 1.54) is 0 Å². The van der Waals surface area contributed by atoms with Crippen LogP contribution in [0.3, 0.4) is 0 Å². The quantitative estimate of drug-likeness (QED) is 0.732. The fourth-order valence-corrected chi connectivity index (χ4v) is 3.10. The molecule has 6 heteroatoms. The zero-order chi connectivity index (χ0) is 20.0. The van der Waals surface area contributed by atoms with E-state index < -0.39 is 12.1 Å². The zero-order valence-corrected chi connectivity index (χ0v) is 16.6.